The summed E-state index contributed by atoms with van der Waals surface area (Å²) >= 11 is 0. The van der Waals surface area contributed by atoms with Crippen LogP contribution in [0.3, 0.4) is 0 Å². The van der Waals surface area contributed by atoms with Gasteiger partial charge in [0.15, 0.2) is 0 Å². The molecule has 3 nitrogen and oxygen atoms in total. The summed E-state index contributed by atoms with van der Waals surface area (Å²) in [6, 6.07) is 3.63. The minimum atomic E-state index is -0.171. The van der Waals surface area contributed by atoms with Gasteiger partial charge in [0.2, 0.25) is 5.88 Å². The van der Waals surface area contributed by atoms with Crippen LogP contribution in [0, 0.1) is 6.92 Å². The number of rotatable bonds is 3. The first-order valence-corrected chi connectivity index (χ1v) is 4.87. The highest BCUT2D eigenvalue weighted by Gasteiger charge is 2.17. The summed E-state index contributed by atoms with van der Waals surface area (Å²) in [5.41, 5.74) is 7.01. The van der Waals surface area contributed by atoms with Gasteiger partial charge in [-0.15, -0.1) is 0 Å². The quantitative estimate of drug-likeness (QED) is 0.804. The lowest BCUT2D eigenvalue weighted by Gasteiger charge is -2.24. The second-order valence-electron chi connectivity index (χ2n) is 4.04. The van der Waals surface area contributed by atoms with E-state index < -0.39 is 0 Å². The number of nitrogen functional groups attached to an aromatic ring is 1. The maximum atomic E-state index is 5.72. The maximum absolute atomic E-state index is 5.72. The Hall–Kier alpha value is -1.25. The van der Waals surface area contributed by atoms with Crippen molar-refractivity contribution in [2.45, 2.75) is 39.7 Å². The molecule has 1 heterocycles. The van der Waals surface area contributed by atoms with Crippen LogP contribution in [-0.4, -0.2) is 10.6 Å². The van der Waals surface area contributed by atoms with Gasteiger partial charge in [-0.25, -0.2) is 4.98 Å². The largest absolute Gasteiger partial charge is 0.472 e. The molecular formula is C11H18N2O. The van der Waals surface area contributed by atoms with Crippen molar-refractivity contribution >= 4 is 5.69 Å². The molecule has 0 unspecified atom stereocenters. The van der Waals surface area contributed by atoms with E-state index in [-0.39, 0.29) is 5.60 Å². The number of nitrogens with zero attached hydrogens (tertiary/aromatic N) is 1. The summed E-state index contributed by atoms with van der Waals surface area (Å²) in [6.07, 6.45) is 0.943. The van der Waals surface area contributed by atoms with Crippen LogP contribution in [0.5, 0.6) is 5.88 Å². The van der Waals surface area contributed by atoms with Gasteiger partial charge in [-0.3, -0.25) is 0 Å². The van der Waals surface area contributed by atoms with Gasteiger partial charge in [0, 0.05) is 6.07 Å². The zero-order valence-electron chi connectivity index (χ0n) is 9.29. The van der Waals surface area contributed by atoms with Crippen molar-refractivity contribution in [3.8, 4) is 5.88 Å². The van der Waals surface area contributed by atoms with Crippen LogP contribution in [0.25, 0.3) is 0 Å². The van der Waals surface area contributed by atoms with Gasteiger partial charge in [0.25, 0.3) is 0 Å². The lowest BCUT2D eigenvalue weighted by Crippen LogP contribution is -2.27. The van der Waals surface area contributed by atoms with Crippen molar-refractivity contribution in [3.63, 3.8) is 0 Å². The Balaban J connectivity index is 2.83. The van der Waals surface area contributed by atoms with E-state index in [0.717, 1.165) is 12.1 Å². The molecule has 0 radical (unpaired) electrons. The molecule has 0 spiro atoms. The monoisotopic (exact) mass is 194 g/mol. The highest BCUT2D eigenvalue weighted by molar-refractivity contribution is 5.43. The van der Waals surface area contributed by atoms with Gasteiger partial charge in [-0.1, -0.05) is 6.92 Å². The number of nitrogens with two attached hydrogens (primary N) is 1. The van der Waals surface area contributed by atoms with Crippen molar-refractivity contribution in [2.75, 3.05) is 5.73 Å². The standard InChI is InChI=1S/C11H18N2O/c1-5-11(3,4)14-10-7-6-9(12)8(2)13-10/h6-7H,5,12H2,1-4H3. The molecule has 1 aromatic heterocycles. The van der Waals surface area contributed by atoms with Crippen LogP contribution in [0.2, 0.25) is 0 Å². The van der Waals surface area contributed by atoms with Gasteiger partial charge in [-0.05, 0) is 33.3 Å². The average Bonchev–Trinajstić information content (AvgIpc) is 2.11. The number of aryl methyl sites for hydroxylation is 1. The number of hydrogen-bond acceptors (Lipinski definition) is 3. The highest BCUT2D eigenvalue weighted by atomic mass is 16.5. The Labute approximate surface area is 85.3 Å². The zero-order valence-corrected chi connectivity index (χ0v) is 9.29. The molecule has 0 amide bonds. The Morgan fingerprint density at radius 1 is 1.43 bits per heavy atom. The van der Waals surface area contributed by atoms with Crippen LogP contribution >= 0.6 is 0 Å². The van der Waals surface area contributed by atoms with E-state index in [9.17, 15) is 0 Å². The van der Waals surface area contributed by atoms with Gasteiger partial charge in [0.1, 0.15) is 5.60 Å². The summed E-state index contributed by atoms with van der Waals surface area (Å²) in [5, 5.41) is 0. The average molecular weight is 194 g/mol. The molecule has 2 N–H and O–H groups in total. The number of ether oxygens (including phenoxy) is 1. The van der Waals surface area contributed by atoms with Crippen molar-refractivity contribution in [1.29, 1.82) is 0 Å². The first kappa shape index (κ1) is 10.8. The maximum Gasteiger partial charge on any atom is 0.214 e. The number of aromatic nitrogens is 1. The van der Waals surface area contributed by atoms with E-state index in [0.29, 0.717) is 11.6 Å². The molecule has 0 aromatic carbocycles. The third-order valence-electron chi connectivity index (χ3n) is 2.33. The van der Waals surface area contributed by atoms with E-state index in [2.05, 4.69) is 11.9 Å². The predicted molar refractivity (Wildman–Crippen MR) is 58.4 cm³/mol. The topological polar surface area (TPSA) is 48.1 Å². The Morgan fingerprint density at radius 2 is 2.07 bits per heavy atom. The number of pyridine rings is 1. The summed E-state index contributed by atoms with van der Waals surface area (Å²) in [4.78, 5) is 4.26. The van der Waals surface area contributed by atoms with Crippen molar-refractivity contribution in [1.82, 2.24) is 4.98 Å². The molecule has 0 aliphatic heterocycles. The molecule has 0 bridgehead atoms. The van der Waals surface area contributed by atoms with E-state index in [4.69, 9.17) is 10.5 Å². The van der Waals surface area contributed by atoms with Crippen molar-refractivity contribution in [2.24, 2.45) is 0 Å². The van der Waals surface area contributed by atoms with E-state index in [1.165, 1.54) is 0 Å². The third-order valence-corrected chi connectivity index (χ3v) is 2.33. The molecule has 3 heteroatoms. The van der Waals surface area contributed by atoms with Crippen LogP contribution in [0.1, 0.15) is 32.9 Å². The Kier molecular flexibility index (Phi) is 2.99. The lowest BCUT2D eigenvalue weighted by atomic mass is 10.1. The summed E-state index contributed by atoms with van der Waals surface area (Å²) in [5.74, 6) is 0.642. The van der Waals surface area contributed by atoms with E-state index >= 15 is 0 Å². The van der Waals surface area contributed by atoms with Crippen LogP contribution in [0.4, 0.5) is 5.69 Å². The second-order valence-corrected chi connectivity index (χ2v) is 4.04. The number of hydrogen-bond donors (Lipinski definition) is 1. The molecule has 1 aromatic rings. The Bertz CT molecular complexity index is 321. The summed E-state index contributed by atoms with van der Waals surface area (Å²) in [6.45, 7) is 8.05. The fourth-order valence-electron chi connectivity index (χ4n) is 0.961. The molecule has 0 saturated carbocycles. The van der Waals surface area contributed by atoms with Gasteiger partial charge in [-0.2, -0.15) is 0 Å². The second kappa shape index (κ2) is 3.86. The van der Waals surface area contributed by atoms with Crippen LogP contribution in [-0.2, 0) is 0 Å². The molecule has 0 aliphatic carbocycles. The molecular weight excluding hydrogens is 176 g/mol. The molecule has 0 aliphatic rings. The van der Waals surface area contributed by atoms with Gasteiger partial charge < -0.3 is 10.5 Å². The molecule has 0 saturated heterocycles. The molecule has 1 rings (SSSR count). The molecule has 14 heavy (non-hydrogen) atoms. The predicted octanol–water partition coefficient (Wildman–Crippen LogP) is 2.54. The zero-order chi connectivity index (χ0) is 10.8. The lowest BCUT2D eigenvalue weighted by molar-refractivity contribution is 0.0989. The molecule has 0 atom stereocenters. The minimum absolute atomic E-state index is 0.171. The Morgan fingerprint density at radius 3 is 2.57 bits per heavy atom. The van der Waals surface area contributed by atoms with E-state index in [1.807, 2.05) is 26.8 Å². The molecule has 78 valence electrons. The SMILES string of the molecule is CCC(C)(C)Oc1ccc(N)c(C)n1. The van der Waals surface area contributed by atoms with Crippen LogP contribution in [0.15, 0.2) is 12.1 Å². The van der Waals surface area contributed by atoms with Crippen LogP contribution < -0.4 is 10.5 Å². The summed E-state index contributed by atoms with van der Waals surface area (Å²) < 4.78 is 5.72. The first-order chi connectivity index (χ1) is 6.44. The van der Waals surface area contributed by atoms with E-state index in [1.54, 1.807) is 6.07 Å². The summed E-state index contributed by atoms with van der Waals surface area (Å²) in [7, 11) is 0. The third kappa shape index (κ3) is 2.62. The highest BCUT2D eigenvalue weighted by Crippen LogP contribution is 2.20. The van der Waals surface area contributed by atoms with Gasteiger partial charge >= 0.3 is 0 Å². The first-order valence-electron chi connectivity index (χ1n) is 4.87. The van der Waals surface area contributed by atoms with Crippen molar-refractivity contribution < 1.29 is 4.74 Å². The fraction of sp³-hybridized carbons (Fsp3) is 0.545. The number of anilines is 1. The minimum Gasteiger partial charge on any atom is -0.472 e. The normalized spacial score (nSPS) is 11.4. The van der Waals surface area contributed by atoms with Crippen molar-refractivity contribution in [3.05, 3.63) is 17.8 Å². The molecule has 0 fully saturated rings. The smallest absolute Gasteiger partial charge is 0.214 e. The van der Waals surface area contributed by atoms with Gasteiger partial charge in [0.05, 0.1) is 11.4 Å². The fourth-order valence-corrected chi connectivity index (χ4v) is 0.961.